The standard InChI is InChI=1S/C45H28N2/c1-2-12-29(13-3-1)46-27-26-37-42(46)25-24-36-35-17-7-11-21-43(35)47(44(36)37)30-22-23-34-33-16-6-10-20-40(33)45(41(34)28-30)38-18-8-4-14-31(38)32-15-5-9-19-39(32)45/h1-28H. The first-order chi connectivity index (χ1) is 23.3. The summed E-state index contributed by atoms with van der Waals surface area (Å²) in [5.41, 5.74) is 16.4. The number of hydrogen-bond donors (Lipinski definition) is 0. The van der Waals surface area contributed by atoms with Crippen molar-refractivity contribution >= 4 is 32.7 Å². The van der Waals surface area contributed by atoms with Crippen molar-refractivity contribution < 1.29 is 0 Å². The van der Waals surface area contributed by atoms with Crippen LogP contribution in [0.25, 0.3) is 66.3 Å². The summed E-state index contributed by atoms with van der Waals surface area (Å²) < 4.78 is 4.81. The maximum absolute atomic E-state index is 2.51. The Morgan fingerprint density at radius 3 is 1.66 bits per heavy atom. The highest BCUT2D eigenvalue weighted by Gasteiger charge is 2.51. The van der Waals surface area contributed by atoms with Crippen LogP contribution in [0.1, 0.15) is 22.3 Å². The SMILES string of the molecule is c1ccc(-n2ccc3c2ccc2c4ccccc4n(-c4ccc5c(c4)C4(c6ccccc6-c6ccccc64)c4ccccc4-5)c23)cc1. The molecule has 0 saturated heterocycles. The predicted octanol–water partition coefficient (Wildman–Crippen LogP) is 11.1. The van der Waals surface area contributed by atoms with Crippen LogP contribution in [0.15, 0.2) is 170 Å². The molecule has 0 N–H and O–H groups in total. The minimum absolute atomic E-state index is 0.375. The van der Waals surface area contributed by atoms with Crippen LogP contribution in [0.4, 0.5) is 0 Å². The highest BCUT2D eigenvalue weighted by Crippen LogP contribution is 2.63. The van der Waals surface area contributed by atoms with Gasteiger partial charge >= 0.3 is 0 Å². The van der Waals surface area contributed by atoms with Crippen LogP contribution in [0.2, 0.25) is 0 Å². The second-order valence-electron chi connectivity index (χ2n) is 12.9. The van der Waals surface area contributed by atoms with E-state index >= 15 is 0 Å². The summed E-state index contributed by atoms with van der Waals surface area (Å²) >= 11 is 0. The lowest BCUT2D eigenvalue weighted by Crippen LogP contribution is -2.26. The van der Waals surface area contributed by atoms with Gasteiger partial charge in [0.15, 0.2) is 0 Å². The summed E-state index contributed by atoms with van der Waals surface area (Å²) in [6.45, 7) is 0. The maximum Gasteiger partial charge on any atom is 0.0726 e. The first-order valence-corrected chi connectivity index (χ1v) is 16.4. The van der Waals surface area contributed by atoms with Crippen molar-refractivity contribution in [2.75, 3.05) is 0 Å². The molecule has 0 amide bonds. The van der Waals surface area contributed by atoms with Gasteiger partial charge in [-0.05, 0) is 87.0 Å². The molecule has 1 spiro atoms. The topological polar surface area (TPSA) is 9.86 Å². The van der Waals surface area contributed by atoms with E-state index in [9.17, 15) is 0 Å². The second kappa shape index (κ2) is 8.99. The van der Waals surface area contributed by atoms with E-state index in [0.717, 1.165) is 0 Å². The van der Waals surface area contributed by atoms with Crippen molar-refractivity contribution in [1.29, 1.82) is 0 Å². The van der Waals surface area contributed by atoms with Crippen LogP contribution in [-0.4, -0.2) is 9.13 Å². The number of nitrogens with zero attached hydrogens (tertiary/aromatic N) is 2. The molecular formula is C45H28N2. The van der Waals surface area contributed by atoms with Gasteiger partial charge < -0.3 is 9.13 Å². The number of fused-ring (bicyclic) bond motifs is 15. The van der Waals surface area contributed by atoms with E-state index in [-0.39, 0.29) is 5.41 Å². The molecule has 7 aromatic carbocycles. The molecule has 2 heteroatoms. The van der Waals surface area contributed by atoms with Gasteiger partial charge in [-0.2, -0.15) is 0 Å². The molecule has 0 saturated carbocycles. The monoisotopic (exact) mass is 596 g/mol. The van der Waals surface area contributed by atoms with Crippen molar-refractivity contribution in [1.82, 2.24) is 9.13 Å². The van der Waals surface area contributed by atoms with Gasteiger partial charge in [0.2, 0.25) is 0 Å². The van der Waals surface area contributed by atoms with E-state index in [1.807, 2.05) is 0 Å². The minimum Gasteiger partial charge on any atom is -0.316 e. The molecule has 47 heavy (non-hydrogen) atoms. The molecule has 2 heterocycles. The first-order valence-electron chi connectivity index (χ1n) is 16.4. The molecule has 9 aromatic rings. The summed E-state index contributed by atoms with van der Waals surface area (Å²) in [6, 6.07) is 60.7. The van der Waals surface area contributed by atoms with Gasteiger partial charge in [0.05, 0.1) is 22.0 Å². The van der Waals surface area contributed by atoms with E-state index in [4.69, 9.17) is 0 Å². The molecule has 0 atom stereocenters. The molecule has 2 nitrogen and oxygen atoms in total. The Morgan fingerprint density at radius 2 is 0.957 bits per heavy atom. The molecule has 0 fully saturated rings. The van der Waals surface area contributed by atoms with E-state index in [2.05, 4.69) is 179 Å². The molecule has 0 unspecified atom stereocenters. The molecule has 2 aliphatic rings. The van der Waals surface area contributed by atoms with Gasteiger partial charge in [-0.25, -0.2) is 0 Å². The van der Waals surface area contributed by atoms with Gasteiger partial charge in [0, 0.05) is 33.7 Å². The van der Waals surface area contributed by atoms with Crippen molar-refractivity contribution in [3.05, 3.63) is 192 Å². The third-order valence-electron chi connectivity index (χ3n) is 10.8. The molecular weight excluding hydrogens is 569 g/mol. The Morgan fingerprint density at radius 1 is 0.362 bits per heavy atom. The summed E-state index contributed by atoms with van der Waals surface area (Å²) in [4.78, 5) is 0. The van der Waals surface area contributed by atoms with Gasteiger partial charge in [-0.1, -0.05) is 121 Å². The zero-order valence-corrected chi connectivity index (χ0v) is 25.6. The third-order valence-corrected chi connectivity index (χ3v) is 10.8. The van der Waals surface area contributed by atoms with Crippen molar-refractivity contribution in [2.45, 2.75) is 5.41 Å². The number of hydrogen-bond acceptors (Lipinski definition) is 0. The van der Waals surface area contributed by atoms with Gasteiger partial charge in [0.25, 0.3) is 0 Å². The number of para-hydroxylation sites is 2. The zero-order chi connectivity index (χ0) is 30.7. The maximum atomic E-state index is 2.51. The van der Waals surface area contributed by atoms with Crippen LogP contribution in [-0.2, 0) is 5.41 Å². The van der Waals surface area contributed by atoms with Crippen LogP contribution >= 0.6 is 0 Å². The lowest BCUT2D eigenvalue weighted by Gasteiger charge is -2.30. The largest absolute Gasteiger partial charge is 0.316 e. The fourth-order valence-corrected chi connectivity index (χ4v) is 8.98. The van der Waals surface area contributed by atoms with Crippen molar-refractivity contribution in [2.24, 2.45) is 0 Å². The fourth-order valence-electron chi connectivity index (χ4n) is 8.98. The Bertz CT molecular complexity index is 2680. The molecule has 2 aromatic heterocycles. The summed E-state index contributed by atoms with van der Waals surface area (Å²) in [5, 5.41) is 3.79. The highest BCUT2D eigenvalue weighted by atomic mass is 15.0. The Hall–Kier alpha value is -6.12. The normalized spacial score (nSPS) is 13.7. The summed E-state index contributed by atoms with van der Waals surface area (Å²) in [6.07, 6.45) is 2.21. The fraction of sp³-hybridized carbons (Fsp3) is 0.0222. The second-order valence-corrected chi connectivity index (χ2v) is 12.9. The molecule has 0 aliphatic heterocycles. The highest BCUT2D eigenvalue weighted by molar-refractivity contribution is 6.18. The Balaban J connectivity index is 1.25. The number of rotatable bonds is 2. The lowest BCUT2D eigenvalue weighted by molar-refractivity contribution is 0.792. The van der Waals surface area contributed by atoms with Gasteiger partial charge in [0.1, 0.15) is 0 Å². The molecule has 0 radical (unpaired) electrons. The van der Waals surface area contributed by atoms with E-state index in [1.165, 1.54) is 88.6 Å². The Labute approximate surface area is 272 Å². The smallest absolute Gasteiger partial charge is 0.0726 e. The van der Waals surface area contributed by atoms with Crippen LogP contribution in [0, 0.1) is 0 Å². The van der Waals surface area contributed by atoms with Crippen LogP contribution in [0.5, 0.6) is 0 Å². The number of aromatic nitrogens is 2. The van der Waals surface area contributed by atoms with Crippen LogP contribution in [0.3, 0.4) is 0 Å². The van der Waals surface area contributed by atoms with Crippen LogP contribution < -0.4 is 0 Å². The van der Waals surface area contributed by atoms with E-state index in [0.29, 0.717) is 0 Å². The van der Waals surface area contributed by atoms with E-state index in [1.54, 1.807) is 0 Å². The third kappa shape index (κ3) is 3.05. The average Bonchev–Trinajstić information content (AvgIpc) is 3.87. The molecule has 218 valence electrons. The van der Waals surface area contributed by atoms with Crippen molar-refractivity contribution in [3.8, 4) is 33.6 Å². The minimum atomic E-state index is -0.375. The molecule has 2 aliphatic carbocycles. The molecule has 11 rings (SSSR count). The predicted molar refractivity (Wildman–Crippen MR) is 194 cm³/mol. The van der Waals surface area contributed by atoms with E-state index < -0.39 is 0 Å². The quantitative estimate of drug-likeness (QED) is 0.188. The summed E-state index contributed by atoms with van der Waals surface area (Å²) in [5.74, 6) is 0. The van der Waals surface area contributed by atoms with Gasteiger partial charge in [-0.15, -0.1) is 0 Å². The zero-order valence-electron chi connectivity index (χ0n) is 25.6. The van der Waals surface area contributed by atoms with Gasteiger partial charge in [-0.3, -0.25) is 0 Å². The average molecular weight is 597 g/mol. The summed E-state index contributed by atoms with van der Waals surface area (Å²) in [7, 11) is 0. The number of benzene rings is 7. The first kappa shape index (κ1) is 25.1. The lowest BCUT2D eigenvalue weighted by atomic mass is 9.70. The molecule has 0 bridgehead atoms. The van der Waals surface area contributed by atoms with Crippen molar-refractivity contribution in [3.63, 3.8) is 0 Å². The Kier molecular flexibility index (Phi) is 4.80.